The zero-order valence-corrected chi connectivity index (χ0v) is 14.1. The van der Waals surface area contributed by atoms with Crippen LogP contribution in [0, 0.1) is 0 Å². The maximum atomic E-state index is 12.8. The van der Waals surface area contributed by atoms with Gasteiger partial charge in [-0.15, -0.1) is 0 Å². The molecule has 4 nitrogen and oxygen atoms in total. The van der Waals surface area contributed by atoms with Gasteiger partial charge in [-0.1, -0.05) is 30.3 Å². The van der Waals surface area contributed by atoms with Gasteiger partial charge in [-0.25, -0.2) is 4.21 Å². The number of hydrogen-bond acceptors (Lipinski definition) is 3. The second kappa shape index (κ2) is 5.54. The molecular weight excluding hydrogens is 286 g/mol. The van der Waals surface area contributed by atoms with Gasteiger partial charge >= 0.3 is 5.97 Å². The van der Waals surface area contributed by atoms with E-state index in [1.807, 2.05) is 58.0 Å². The summed E-state index contributed by atoms with van der Waals surface area (Å²) in [6.45, 7) is 9.80. The van der Waals surface area contributed by atoms with Crippen molar-refractivity contribution in [2.75, 3.05) is 6.61 Å². The summed E-state index contributed by atoms with van der Waals surface area (Å²) in [7, 11) is -1.27. The number of benzene rings is 1. The summed E-state index contributed by atoms with van der Waals surface area (Å²) in [6.07, 6.45) is 0. The van der Waals surface area contributed by atoms with Crippen LogP contribution in [0.15, 0.2) is 30.3 Å². The number of nitrogens with zero attached hydrogens (tertiary/aromatic N) is 1. The molecule has 0 N–H and O–H groups in total. The monoisotopic (exact) mass is 309 g/mol. The standard InChI is InChI=1S/C16H23NO3S/c1-6-20-14(18)13-16(5,12-10-8-7-9-11-12)17(13)21(19)15(2,3)4/h7-11,13H,6H2,1-5H3/t13-,16+,17?,21?/m1/s1. The highest BCUT2D eigenvalue weighted by atomic mass is 32.2. The molecule has 0 radical (unpaired) electrons. The molecule has 2 rings (SSSR count). The van der Waals surface area contributed by atoms with Gasteiger partial charge in [0.1, 0.15) is 17.0 Å². The highest BCUT2D eigenvalue weighted by Crippen LogP contribution is 2.53. The van der Waals surface area contributed by atoms with Crippen molar-refractivity contribution < 1.29 is 13.7 Å². The Hall–Kier alpha value is -1.20. The minimum Gasteiger partial charge on any atom is -0.465 e. The van der Waals surface area contributed by atoms with Gasteiger partial charge in [0.2, 0.25) is 0 Å². The largest absolute Gasteiger partial charge is 0.465 e. The molecule has 1 aliphatic rings. The molecular formula is C16H23NO3S. The number of esters is 1. The number of carbonyl (C=O) groups is 1. The summed E-state index contributed by atoms with van der Waals surface area (Å²) >= 11 is 0. The van der Waals surface area contributed by atoms with Crippen LogP contribution in [0.25, 0.3) is 0 Å². The van der Waals surface area contributed by atoms with Gasteiger partial charge in [0, 0.05) is 0 Å². The Labute approximate surface area is 129 Å². The average molecular weight is 309 g/mol. The average Bonchev–Trinajstić information content (AvgIpc) is 3.06. The summed E-state index contributed by atoms with van der Waals surface area (Å²) in [4.78, 5) is 12.2. The Morgan fingerprint density at radius 3 is 2.38 bits per heavy atom. The molecule has 1 aromatic rings. The highest BCUT2D eigenvalue weighted by Gasteiger charge is 2.69. The van der Waals surface area contributed by atoms with Crippen LogP contribution < -0.4 is 0 Å². The van der Waals surface area contributed by atoms with Crippen molar-refractivity contribution in [2.45, 2.75) is 50.9 Å². The van der Waals surface area contributed by atoms with Gasteiger partial charge in [0.05, 0.1) is 16.9 Å². The minimum atomic E-state index is -1.27. The van der Waals surface area contributed by atoms with Crippen LogP contribution in [0.5, 0.6) is 0 Å². The fraction of sp³-hybridized carbons (Fsp3) is 0.562. The summed E-state index contributed by atoms with van der Waals surface area (Å²) in [5, 5.41) is 0. The quantitative estimate of drug-likeness (QED) is 0.634. The van der Waals surface area contributed by atoms with Gasteiger partial charge in [-0.2, -0.15) is 4.31 Å². The van der Waals surface area contributed by atoms with Crippen molar-refractivity contribution in [2.24, 2.45) is 0 Å². The Balaban J connectivity index is 2.38. The molecule has 116 valence electrons. The maximum Gasteiger partial charge on any atom is 0.326 e. The van der Waals surface area contributed by atoms with E-state index >= 15 is 0 Å². The molecule has 2 unspecified atom stereocenters. The van der Waals surface area contributed by atoms with Crippen molar-refractivity contribution in [1.82, 2.24) is 4.31 Å². The van der Waals surface area contributed by atoms with E-state index in [2.05, 4.69) is 0 Å². The predicted molar refractivity (Wildman–Crippen MR) is 83.9 cm³/mol. The van der Waals surface area contributed by atoms with Crippen molar-refractivity contribution in [3.05, 3.63) is 35.9 Å². The molecule has 0 aliphatic carbocycles. The molecule has 1 aliphatic heterocycles. The molecule has 21 heavy (non-hydrogen) atoms. The SMILES string of the molecule is CCOC(=O)[C@H]1N(S(=O)C(C)(C)C)[C@@]1(C)c1ccccc1. The lowest BCUT2D eigenvalue weighted by Crippen LogP contribution is -2.30. The van der Waals surface area contributed by atoms with Gasteiger partial charge in [0.25, 0.3) is 0 Å². The molecule has 0 spiro atoms. The highest BCUT2D eigenvalue weighted by molar-refractivity contribution is 7.84. The van der Waals surface area contributed by atoms with E-state index in [1.165, 1.54) is 0 Å². The van der Waals surface area contributed by atoms with E-state index in [0.717, 1.165) is 5.56 Å². The first-order valence-corrected chi connectivity index (χ1v) is 8.28. The fourth-order valence-electron chi connectivity index (χ4n) is 2.53. The van der Waals surface area contributed by atoms with Crippen LogP contribution in [0.2, 0.25) is 0 Å². The third-order valence-electron chi connectivity index (χ3n) is 3.73. The molecule has 1 saturated heterocycles. The number of hydrogen-bond donors (Lipinski definition) is 0. The van der Waals surface area contributed by atoms with E-state index in [0.29, 0.717) is 6.61 Å². The third kappa shape index (κ3) is 2.77. The summed E-state index contributed by atoms with van der Waals surface area (Å²) in [6, 6.07) is 9.23. The summed E-state index contributed by atoms with van der Waals surface area (Å²) < 4.78 is 19.3. The minimum absolute atomic E-state index is 0.304. The Morgan fingerprint density at radius 1 is 1.33 bits per heavy atom. The third-order valence-corrected chi connectivity index (χ3v) is 5.72. The molecule has 1 aromatic carbocycles. The normalized spacial score (nSPS) is 29.8. The van der Waals surface area contributed by atoms with E-state index in [-0.39, 0.29) is 5.97 Å². The molecule has 5 heteroatoms. The van der Waals surface area contributed by atoms with Gasteiger partial charge < -0.3 is 4.74 Å². The lowest BCUT2D eigenvalue weighted by molar-refractivity contribution is -0.143. The second-order valence-electron chi connectivity index (χ2n) is 6.36. The van der Waals surface area contributed by atoms with E-state index in [9.17, 15) is 9.00 Å². The fourth-order valence-corrected chi connectivity index (χ4v) is 4.11. The van der Waals surface area contributed by atoms with Crippen LogP contribution in [-0.2, 0) is 26.1 Å². The van der Waals surface area contributed by atoms with Crippen LogP contribution >= 0.6 is 0 Å². The molecule has 1 fully saturated rings. The van der Waals surface area contributed by atoms with Crippen LogP contribution in [-0.4, -0.2) is 31.9 Å². The summed E-state index contributed by atoms with van der Waals surface area (Å²) in [5.41, 5.74) is 0.423. The van der Waals surface area contributed by atoms with Crippen molar-refractivity contribution in [3.63, 3.8) is 0 Å². The molecule has 4 atom stereocenters. The van der Waals surface area contributed by atoms with Crippen LogP contribution in [0.4, 0.5) is 0 Å². The first kappa shape index (κ1) is 16.2. The molecule has 0 bridgehead atoms. The Morgan fingerprint density at radius 2 is 1.90 bits per heavy atom. The van der Waals surface area contributed by atoms with Crippen molar-refractivity contribution >= 4 is 17.0 Å². The van der Waals surface area contributed by atoms with E-state index in [1.54, 1.807) is 11.2 Å². The number of carbonyl (C=O) groups excluding carboxylic acids is 1. The predicted octanol–water partition coefficient (Wildman–Crippen LogP) is 2.61. The first-order valence-electron chi connectivity index (χ1n) is 7.18. The second-order valence-corrected chi connectivity index (χ2v) is 8.47. The molecule has 0 amide bonds. The Bertz CT molecular complexity index is 552. The van der Waals surface area contributed by atoms with Gasteiger partial charge in [-0.3, -0.25) is 4.79 Å². The van der Waals surface area contributed by atoms with Crippen LogP contribution in [0.1, 0.15) is 40.2 Å². The van der Waals surface area contributed by atoms with Crippen molar-refractivity contribution in [3.8, 4) is 0 Å². The maximum absolute atomic E-state index is 12.8. The lowest BCUT2D eigenvalue weighted by Gasteiger charge is -2.21. The zero-order valence-electron chi connectivity index (χ0n) is 13.3. The van der Waals surface area contributed by atoms with Gasteiger partial charge in [-0.05, 0) is 40.2 Å². The van der Waals surface area contributed by atoms with E-state index in [4.69, 9.17) is 4.74 Å². The number of rotatable bonds is 4. The molecule has 0 aromatic heterocycles. The topological polar surface area (TPSA) is 46.4 Å². The molecule has 0 saturated carbocycles. The lowest BCUT2D eigenvalue weighted by atomic mass is 9.97. The number of ether oxygens (including phenoxy) is 1. The zero-order chi connectivity index (χ0) is 15.8. The van der Waals surface area contributed by atoms with Crippen molar-refractivity contribution in [1.29, 1.82) is 0 Å². The smallest absolute Gasteiger partial charge is 0.326 e. The Kier molecular flexibility index (Phi) is 4.26. The van der Waals surface area contributed by atoms with Gasteiger partial charge in [0.15, 0.2) is 0 Å². The van der Waals surface area contributed by atoms with E-state index < -0.39 is 27.3 Å². The summed E-state index contributed by atoms with van der Waals surface area (Å²) in [5.74, 6) is -0.304. The van der Waals surface area contributed by atoms with Crippen LogP contribution in [0.3, 0.4) is 0 Å². The molecule has 1 heterocycles. The first-order chi connectivity index (χ1) is 9.74.